The highest BCUT2D eigenvalue weighted by Gasteiger charge is 2.32. The highest BCUT2D eigenvalue weighted by molar-refractivity contribution is 5.56. The van der Waals surface area contributed by atoms with Crippen molar-refractivity contribution in [2.75, 3.05) is 5.32 Å². The molecule has 1 aromatic carbocycles. The van der Waals surface area contributed by atoms with Gasteiger partial charge in [0.15, 0.2) is 5.75 Å². The van der Waals surface area contributed by atoms with Gasteiger partial charge < -0.3 is 14.6 Å². The summed E-state index contributed by atoms with van der Waals surface area (Å²) in [4.78, 5) is 4.19. The number of ether oxygens (including phenoxy) is 1. The fraction of sp³-hybridized carbons (Fsp3) is 0.357. The van der Waals surface area contributed by atoms with E-state index < -0.39 is 6.36 Å². The van der Waals surface area contributed by atoms with Crippen LogP contribution in [0.2, 0.25) is 0 Å². The molecular weight excluding hydrogens is 283 g/mol. The van der Waals surface area contributed by atoms with E-state index in [0.717, 1.165) is 18.8 Å². The Labute approximate surface area is 120 Å². The van der Waals surface area contributed by atoms with Crippen molar-refractivity contribution < 1.29 is 17.9 Å². The van der Waals surface area contributed by atoms with Gasteiger partial charge in [-0.15, -0.1) is 13.2 Å². The van der Waals surface area contributed by atoms with E-state index in [9.17, 15) is 13.2 Å². The van der Waals surface area contributed by atoms with Crippen molar-refractivity contribution in [2.45, 2.75) is 32.8 Å². The summed E-state index contributed by atoms with van der Waals surface area (Å²) in [6, 6.07) is 5.94. The molecule has 7 heteroatoms. The number of para-hydroxylation sites is 2. The molecule has 0 aliphatic carbocycles. The average Bonchev–Trinajstić information content (AvgIpc) is 2.84. The highest BCUT2D eigenvalue weighted by Crippen LogP contribution is 2.30. The zero-order chi connectivity index (χ0) is 15.3. The van der Waals surface area contributed by atoms with Crippen LogP contribution in [0.15, 0.2) is 36.7 Å². The van der Waals surface area contributed by atoms with Gasteiger partial charge in [-0.05, 0) is 18.6 Å². The van der Waals surface area contributed by atoms with Gasteiger partial charge in [0.1, 0.15) is 5.82 Å². The molecule has 0 radical (unpaired) electrons. The molecule has 1 aromatic heterocycles. The van der Waals surface area contributed by atoms with Gasteiger partial charge in [0.2, 0.25) is 0 Å². The Morgan fingerprint density at radius 1 is 1.29 bits per heavy atom. The van der Waals surface area contributed by atoms with Crippen LogP contribution in [0.4, 0.5) is 18.9 Å². The molecule has 2 rings (SSSR count). The van der Waals surface area contributed by atoms with Crippen LogP contribution in [0.3, 0.4) is 0 Å². The van der Waals surface area contributed by atoms with E-state index in [1.54, 1.807) is 12.3 Å². The van der Waals surface area contributed by atoms with Crippen LogP contribution in [0.25, 0.3) is 0 Å². The van der Waals surface area contributed by atoms with E-state index in [-0.39, 0.29) is 11.4 Å². The lowest BCUT2D eigenvalue weighted by Crippen LogP contribution is -2.18. The van der Waals surface area contributed by atoms with Crippen molar-refractivity contribution >= 4 is 5.69 Å². The summed E-state index contributed by atoms with van der Waals surface area (Å²) in [7, 11) is 0. The molecule has 0 fully saturated rings. The summed E-state index contributed by atoms with van der Waals surface area (Å²) in [5, 5.41) is 2.93. The van der Waals surface area contributed by atoms with E-state index in [0.29, 0.717) is 6.54 Å². The zero-order valence-corrected chi connectivity index (χ0v) is 11.5. The van der Waals surface area contributed by atoms with Crippen molar-refractivity contribution in [3.8, 4) is 5.75 Å². The van der Waals surface area contributed by atoms with Gasteiger partial charge in [-0.25, -0.2) is 4.98 Å². The van der Waals surface area contributed by atoms with Crippen molar-refractivity contribution in [1.29, 1.82) is 0 Å². The van der Waals surface area contributed by atoms with Crippen LogP contribution in [-0.4, -0.2) is 15.9 Å². The zero-order valence-electron chi connectivity index (χ0n) is 11.5. The molecule has 1 N–H and O–H groups in total. The van der Waals surface area contributed by atoms with Crippen LogP contribution in [-0.2, 0) is 13.1 Å². The lowest BCUT2D eigenvalue weighted by molar-refractivity contribution is -0.274. The van der Waals surface area contributed by atoms with Gasteiger partial charge in [-0.3, -0.25) is 0 Å². The summed E-state index contributed by atoms with van der Waals surface area (Å²) in [5.41, 5.74) is 0.279. The number of hydrogen-bond acceptors (Lipinski definition) is 3. The van der Waals surface area contributed by atoms with Crippen LogP contribution < -0.4 is 10.1 Å². The molecule has 0 spiro atoms. The number of hydrogen-bond donors (Lipinski definition) is 1. The fourth-order valence-electron chi connectivity index (χ4n) is 1.95. The predicted molar refractivity (Wildman–Crippen MR) is 73.0 cm³/mol. The van der Waals surface area contributed by atoms with Crippen LogP contribution in [0, 0.1) is 0 Å². The number of benzene rings is 1. The molecule has 0 aliphatic rings. The lowest BCUT2D eigenvalue weighted by Gasteiger charge is -2.14. The second kappa shape index (κ2) is 6.51. The normalized spacial score (nSPS) is 11.4. The van der Waals surface area contributed by atoms with Gasteiger partial charge in [-0.2, -0.15) is 0 Å². The van der Waals surface area contributed by atoms with Crippen LogP contribution in [0.5, 0.6) is 5.75 Å². The third-order valence-corrected chi connectivity index (χ3v) is 2.82. The number of anilines is 1. The van der Waals surface area contributed by atoms with Gasteiger partial charge in [0, 0.05) is 18.9 Å². The lowest BCUT2D eigenvalue weighted by atomic mass is 10.3. The third kappa shape index (κ3) is 4.40. The molecule has 0 saturated carbocycles. The minimum Gasteiger partial charge on any atom is -0.404 e. The van der Waals surface area contributed by atoms with Crippen molar-refractivity contribution in [3.63, 3.8) is 0 Å². The number of nitrogens with zero attached hydrogens (tertiary/aromatic N) is 2. The monoisotopic (exact) mass is 299 g/mol. The Bertz CT molecular complexity index is 581. The fourth-order valence-corrected chi connectivity index (χ4v) is 1.95. The van der Waals surface area contributed by atoms with E-state index in [4.69, 9.17) is 0 Å². The first-order valence-electron chi connectivity index (χ1n) is 6.58. The molecule has 0 bridgehead atoms. The van der Waals surface area contributed by atoms with Gasteiger partial charge in [0.25, 0.3) is 0 Å². The first-order valence-corrected chi connectivity index (χ1v) is 6.58. The summed E-state index contributed by atoms with van der Waals surface area (Å²) in [6.07, 6.45) is -0.237. The Hall–Kier alpha value is -2.18. The third-order valence-electron chi connectivity index (χ3n) is 2.82. The topological polar surface area (TPSA) is 39.1 Å². The minimum absolute atomic E-state index is 0.251. The summed E-state index contributed by atoms with van der Waals surface area (Å²) < 4.78 is 42.9. The molecule has 114 valence electrons. The standard InChI is InChI=1S/C14H16F3N3O/c1-2-8-20-9-7-18-13(20)10-19-11-5-3-4-6-12(11)21-14(15,16)17/h3-7,9,19H,2,8,10H2,1H3. The van der Waals surface area contributed by atoms with E-state index in [1.165, 1.54) is 18.2 Å². The van der Waals surface area contributed by atoms with Crippen LogP contribution in [0.1, 0.15) is 19.2 Å². The maximum Gasteiger partial charge on any atom is 0.573 e. The molecule has 0 saturated heterocycles. The second-order valence-electron chi connectivity index (χ2n) is 4.43. The molecule has 0 unspecified atom stereocenters. The van der Waals surface area contributed by atoms with Gasteiger partial charge >= 0.3 is 6.36 Å². The Balaban J connectivity index is 2.08. The highest BCUT2D eigenvalue weighted by atomic mass is 19.4. The number of alkyl halides is 3. The molecule has 2 aromatic rings. The number of aromatic nitrogens is 2. The summed E-state index contributed by atoms with van der Waals surface area (Å²) in [5.74, 6) is 0.511. The van der Waals surface area contributed by atoms with E-state index >= 15 is 0 Å². The molecule has 1 heterocycles. The Kier molecular flexibility index (Phi) is 4.72. The summed E-state index contributed by atoms with van der Waals surface area (Å²) in [6.45, 7) is 3.19. The molecule has 0 aliphatic heterocycles. The van der Waals surface area contributed by atoms with Crippen molar-refractivity contribution in [3.05, 3.63) is 42.5 Å². The van der Waals surface area contributed by atoms with Gasteiger partial charge in [-0.1, -0.05) is 19.1 Å². The maximum absolute atomic E-state index is 12.3. The largest absolute Gasteiger partial charge is 0.573 e. The quantitative estimate of drug-likeness (QED) is 0.881. The molecule has 0 amide bonds. The van der Waals surface area contributed by atoms with Crippen molar-refractivity contribution in [2.24, 2.45) is 0 Å². The van der Waals surface area contributed by atoms with Crippen molar-refractivity contribution in [1.82, 2.24) is 9.55 Å². The maximum atomic E-state index is 12.3. The molecule has 0 atom stereocenters. The SMILES string of the molecule is CCCn1ccnc1CNc1ccccc1OC(F)(F)F. The number of rotatable bonds is 6. The molecular formula is C14H16F3N3O. The average molecular weight is 299 g/mol. The number of aryl methyl sites for hydroxylation is 1. The van der Waals surface area contributed by atoms with E-state index in [1.807, 2.05) is 17.7 Å². The van der Waals surface area contributed by atoms with Crippen LogP contribution >= 0.6 is 0 Å². The van der Waals surface area contributed by atoms with E-state index in [2.05, 4.69) is 15.0 Å². The van der Waals surface area contributed by atoms with Gasteiger partial charge in [0.05, 0.1) is 12.2 Å². The number of imidazole rings is 1. The Morgan fingerprint density at radius 3 is 2.76 bits per heavy atom. The minimum atomic E-state index is -4.71. The first kappa shape index (κ1) is 15.2. The number of nitrogens with one attached hydrogen (secondary N) is 1. The number of halogens is 3. The second-order valence-corrected chi connectivity index (χ2v) is 4.43. The summed E-state index contributed by atoms with van der Waals surface area (Å²) >= 11 is 0. The predicted octanol–water partition coefficient (Wildman–Crippen LogP) is 3.80. The first-order chi connectivity index (χ1) is 9.99. The molecule has 21 heavy (non-hydrogen) atoms. The smallest absolute Gasteiger partial charge is 0.404 e. The Morgan fingerprint density at radius 2 is 2.05 bits per heavy atom. The molecule has 4 nitrogen and oxygen atoms in total.